The average molecular weight is 536 g/mol. The second-order valence-electron chi connectivity index (χ2n) is 11.2. The molecule has 1 N–H and O–H groups in total. The van der Waals surface area contributed by atoms with Crippen molar-refractivity contribution in [2.24, 2.45) is 5.41 Å². The smallest absolute Gasteiger partial charge is 0.303 e. The minimum Gasteiger partial charge on any atom is -0.497 e. The highest BCUT2D eigenvalue weighted by Crippen LogP contribution is 2.64. The molecule has 9 heteroatoms. The Morgan fingerprint density at radius 2 is 1.89 bits per heavy atom. The molecule has 3 aromatic rings. The third-order valence-corrected chi connectivity index (χ3v) is 10.2. The summed E-state index contributed by atoms with van der Waals surface area (Å²) in [5.41, 5.74) is 5.29. The summed E-state index contributed by atoms with van der Waals surface area (Å²) < 4.78 is 35.5. The standard InChI is InChI=1S/C29H33N3O5S/c1-31(2)38(35,36)30-28(34)19-9-11-22-25(13-19)32-16-29(17-33)15-24(29)23-14-20(37-3)10-12-21(23)27(32)26(22)18-7-5-4-6-8-18/h9-14,17-18,24H,4-8,15-16H2,1-3H3,(H,30,34). The zero-order valence-electron chi connectivity index (χ0n) is 22.0. The number of aromatic nitrogens is 1. The number of fused-ring (bicyclic) bond motifs is 7. The van der Waals surface area contributed by atoms with Crippen molar-refractivity contribution in [1.82, 2.24) is 13.6 Å². The quantitative estimate of drug-likeness (QED) is 0.466. The summed E-state index contributed by atoms with van der Waals surface area (Å²) in [6.07, 6.45) is 7.66. The van der Waals surface area contributed by atoms with Gasteiger partial charge in [0.15, 0.2) is 0 Å². The van der Waals surface area contributed by atoms with Crippen molar-refractivity contribution in [2.75, 3.05) is 21.2 Å². The van der Waals surface area contributed by atoms with Crippen LogP contribution in [0.2, 0.25) is 0 Å². The Labute approximate surface area is 223 Å². The molecular weight excluding hydrogens is 502 g/mol. The van der Waals surface area contributed by atoms with Gasteiger partial charge in [0.05, 0.1) is 18.2 Å². The zero-order valence-corrected chi connectivity index (χ0v) is 22.8. The lowest BCUT2D eigenvalue weighted by Crippen LogP contribution is -2.39. The number of amides is 1. The number of nitrogens with zero attached hydrogens (tertiary/aromatic N) is 2. The topological polar surface area (TPSA) is 97.7 Å². The first-order valence-electron chi connectivity index (χ1n) is 13.2. The van der Waals surface area contributed by atoms with Crippen molar-refractivity contribution in [2.45, 2.75) is 56.9 Å². The largest absolute Gasteiger partial charge is 0.497 e. The molecule has 0 saturated heterocycles. The van der Waals surface area contributed by atoms with E-state index in [0.29, 0.717) is 12.5 Å². The lowest BCUT2D eigenvalue weighted by molar-refractivity contribution is -0.112. The summed E-state index contributed by atoms with van der Waals surface area (Å²) >= 11 is 0. The fourth-order valence-electron chi connectivity index (χ4n) is 6.59. The third kappa shape index (κ3) is 3.86. The molecule has 2 fully saturated rings. The summed E-state index contributed by atoms with van der Waals surface area (Å²) in [6, 6.07) is 11.6. The van der Waals surface area contributed by atoms with Gasteiger partial charge in [0.25, 0.3) is 5.91 Å². The van der Waals surface area contributed by atoms with E-state index in [-0.39, 0.29) is 11.5 Å². The second-order valence-corrected chi connectivity index (χ2v) is 13.1. The summed E-state index contributed by atoms with van der Waals surface area (Å²) in [5, 5.41) is 1.07. The number of rotatable bonds is 6. The summed E-state index contributed by atoms with van der Waals surface area (Å²) in [7, 11) is 0.480. The van der Waals surface area contributed by atoms with E-state index < -0.39 is 21.5 Å². The number of nitrogens with one attached hydrogen (secondary N) is 1. The van der Waals surface area contributed by atoms with Gasteiger partial charge in [-0.05, 0) is 72.6 Å². The molecule has 2 unspecified atom stereocenters. The van der Waals surface area contributed by atoms with Crippen molar-refractivity contribution >= 4 is 33.3 Å². The van der Waals surface area contributed by atoms with E-state index in [2.05, 4.69) is 21.4 Å². The maximum absolute atomic E-state index is 13.0. The molecular formula is C29H33N3O5S. The van der Waals surface area contributed by atoms with Crippen molar-refractivity contribution in [1.29, 1.82) is 0 Å². The SMILES string of the molecule is COc1ccc2c(c1)C1CC1(C=O)Cn1c-2c(C2CCCCC2)c2ccc(C(=O)NS(=O)(=O)N(C)C)cc21. The molecule has 2 aliphatic carbocycles. The third-order valence-electron chi connectivity index (χ3n) is 8.78. The lowest BCUT2D eigenvalue weighted by atomic mass is 9.81. The Kier molecular flexibility index (Phi) is 5.92. The first kappa shape index (κ1) is 25.1. The maximum Gasteiger partial charge on any atom is 0.303 e. The average Bonchev–Trinajstić information content (AvgIpc) is 3.57. The molecule has 6 rings (SSSR count). The monoisotopic (exact) mass is 535 g/mol. The number of ether oxygens (including phenoxy) is 1. The number of carbonyl (C=O) groups is 2. The molecule has 2 saturated carbocycles. The zero-order chi connectivity index (χ0) is 26.8. The maximum atomic E-state index is 13.0. The lowest BCUT2D eigenvalue weighted by Gasteiger charge is -2.24. The Hall–Kier alpha value is -3.17. The molecule has 2 heterocycles. The molecule has 0 bridgehead atoms. The summed E-state index contributed by atoms with van der Waals surface area (Å²) in [4.78, 5) is 25.5. The van der Waals surface area contributed by atoms with Crippen molar-refractivity contribution in [3.05, 3.63) is 53.1 Å². The number of hydrogen-bond donors (Lipinski definition) is 1. The molecule has 2 aromatic carbocycles. The predicted octanol–water partition coefficient (Wildman–Crippen LogP) is 4.59. The van der Waals surface area contributed by atoms with Crippen LogP contribution < -0.4 is 9.46 Å². The van der Waals surface area contributed by atoms with Gasteiger partial charge in [-0.2, -0.15) is 12.7 Å². The molecule has 38 heavy (non-hydrogen) atoms. The molecule has 1 amide bonds. The minimum absolute atomic E-state index is 0.121. The van der Waals surface area contributed by atoms with Crippen LogP contribution in [0.4, 0.5) is 0 Å². The van der Waals surface area contributed by atoms with Gasteiger partial charge in [0, 0.05) is 42.7 Å². The van der Waals surface area contributed by atoms with Crippen LogP contribution in [0.15, 0.2) is 36.4 Å². The molecule has 0 spiro atoms. The normalized spacial score (nSPS) is 22.8. The van der Waals surface area contributed by atoms with E-state index in [1.54, 1.807) is 19.2 Å². The Morgan fingerprint density at radius 3 is 2.58 bits per heavy atom. The molecule has 1 aromatic heterocycles. The van der Waals surface area contributed by atoms with Crippen LogP contribution in [-0.2, 0) is 21.5 Å². The van der Waals surface area contributed by atoms with Gasteiger partial charge in [-0.15, -0.1) is 0 Å². The highest BCUT2D eigenvalue weighted by molar-refractivity contribution is 7.87. The van der Waals surface area contributed by atoms with Gasteiger partial charge >= 0.3 is 10.2 Å². The molecule has 1 aliphatic heterocycles. The van der Waals surface area contributed by atoms with Gasteiger partial charge in [-0.1, -0.05) is 25.3 Å². The van der Waals surface area contributed by atoms with E-state index in [0.717, 1.165) is 63.3 Å². The second kappa shape index (κ2) is 8.95. The predicted molar refractivity (Wildman–Crippen MR) is 146 cm³/mol. The van der Waals surface area contributed by atoms with Crippen molar-refractivity contribution < 1.29 is 22.7 Å². The number of hydrogen-bond acceptors (Lipinski definition) is 5. The van der Waals surface area contributed by atoms with E-state index in [4.69, 9.17) is 4.74 Å². The highest BCUT2D eigenvalue weighted by atomic mass is 32.2. The van der Waals surface area contributed by atoms with Gasteiger partial charge in [-0.25, -0.2) is 4.72 Å². The Morgan fingerprint density at radius 1 is 1.13 bits per heavy atom. The van der Waals surface area contributed by atoms with Gasteiger partial charge in [0.2, 0.25) is 0 Å². The molecule has 3 aliphatic rings. The molecule has 0 radical (unpaired) electrons. The van der Waals surface area contributed by atoms with Crippen molar-refractivity contribution in [3.63, 3.8) is 0 Å². The van der Waals surface area contributed by atoms with Crippen LogP contribution >= 0.6 is 0 Å². The van der Waals surface area contributed by atoms with E-state index in [1.807, 2.05) is 12.1 Å². The number of aldehydes is 1. The number of benzene rings is 2. The van der Waals surface area contributed by atoms with E-state index in [9.17, 15) is 18.0 Å². The van der Waals surface area contributed by atoms with Gasteiger partial charge in [-0.3, -0.25) is 4.79 Å². The van der Waals surface area contributed by atoms with Crippen molar-refractivity contribution in [3.8, 4) is 17.0 Å². The van der Waals surface area contributed by atoms with Crippen LogP contribution in [0.5, 0.6) is 5.75 Å². The summed E-state index contributed by atoms with van der Waals surface area (Å²) in [5.74, 6) is 0.604. The molecule has 200 valence electrons. The van der Waals surface area contributed by atoms with Crippen LogP contribution in [0.1, 0.15) is 71.8 Å². The van der Waals surface area contributed by atoms with E-state index in [1.165, 1.54) is 38.9 Å². The minimum atomic E-state index is -3.93. The van der Waals surface area contributed by atoms with Crippen LogP contribution in [0.3, 0.4) is 0 Å². The van der Waals surface area contributed by atoms with Crippen LogP contribution in [0, 0.1) is 5.41 Å². The number of carbonyl (C=O) groups excluding carboxylic acids is 2. The first-order valence-corrected chi connectivity index (χ1v) is 14.7. The van der Waals surface area contributed by atoms with Crippen LogP contribution in [-0.4, -0.2) is 50.7 Å². The summed E-state index contributed by atoms with van der Waals surface area (Å²) in [6.45, 7) is 0.526. The fourth-order valence-corrected chi connectivity index (χ4v) is 7.13. The first-order chi connectivity index (χ1) is 18.2. The molecule has 2 atom stereocenters. The fraction of sp³-hybridized carbons (Fsp3) is 0.448. The van der Waals surface area contributed by atoms with Gasteiger partial charge in [0.1, 0.15) is 12.0 Å². The Balaban J connectivity index is 1.59. The number of methoxy groups -OCH3 is 1. The van der Waals surface area contributed by atoms with E-state index >= 15 is 0 Å². The van der Waals surface area contributed by atoms with Gasteiger partial charge < -0.3 is 14.1 Å². The highest BCUT2D eigenvalue weighted by Gasteiger charge is 2.58. The van der Waals surface area contributed by atoms with Crippen LogP contribution in [0.25, 0.3) is 22.2 Å². The Bertz CT molecular complexity index is 1570. The molecule has 8 nitrogen and oxygen atoms in total.